The van der Waals surface area contributed by atoms with Crippen LogP contribution in [0.4, 0.5) is 9.93 Å². The molecule has 1 unspecified atom stereocenters. The number of aliphatic hydroxyl groups is 1. The lowest BCUT2D eigenvalue weighted by Crippen LogP contribution is -2.32. The first kappa shape index (κ1) is 16.2. The number of aryl methyl sites for hydroxylation is 1. The highest BCUT2D eigenvalue weighted by molar-refractivity contribution is 7.19. The quantitative estimate of drug-likeness (QED) is 0.661. The lowest BCUT2D eigenvalue weighted by Gasteiger charge is -2.09. The smallest absolute Gasteiger partial charge is 0.321 e. The first-order valence-electron chi connectivity index (χ1n) is 7.41. The average Bonchev–Trinajstić information content (AvgIpc) is 3.25. The predicted octanol–water partition coefficient (Wildman–Crippen LogP) is 3.57. The van der Waals surface area contributed by atoms with Gasteiger partial charge in [0.25, 0.3) is 0 Å². The SMILES string of the molecule is Cc1ccccc1-c1cnc(NC(=O)NCC(O)c2ccco2)s1. The summed E-state index contributed by atoms with van der Waals surface area (Å²) in [7, 11) is 0. The maximum atomic E-state index is 11.9. The Labute approximate surface area is 143 Å². The molecule has 0 aliphatic rings. The van der Waals surface area contributed by atoms with E-state index in [4.69, 9.17) is 4.42 Å². The summed E-state index contributed by atoms with van der Waals surface area (Å²) in [6, 6.07) is 10.9. The van der Waals surface area contributed by atoms with Crippen LogP contribution in [0.1, 0.15) is 17.4 Å². The molecule has 0 spiro atoms. The Hall–Kier alpha value is -2.64. The Morgan fingerprint density at radius 2 is 2.17 bits per heavy atom. The van der Waals surface area contributed by atoms with Gasteiger partial charge in [0.05, 0.1) is 17.7 Å². The van der Waals surface area contributed by atoms with Crippen molar-refractivity contribution in [3.63, 3.8) is 0 Å². The Balaban J connectivity index is 1.57. The van der Waals surface area contributed by atoms with Crippen molar-refractivity contribution < 1.29 is 14.3 Å². The lowest BCUT2D eigenvalue weighted by molar-refractivity contribution is 0.149. The van der Waals surface area contributed by atoms with E-state index in [2.05, 4.69) is 15.6 Å². The van der Waals surface area contributed by atoms with Gasteiger partial charge in [0.15, 0.2) is 5.13 Å². The largest absolute Gasteiger partial charge is 0.467 e. The number of carbonyl (C=O) groups excluding carboxylic acids is 1. The van der Waals surface area contributed by atoms with Crippen molar-refractivity contribution in [2.45, 2.75) is 13.0 Å². The summed E-state index contributed by atoms with van der Waals surface area (Å²) < 4.78 is 5.08. The third-order valence-electron chi connectivity index (χ3n) is 3.46. The number of rotatable bonds is 5. The monoisotopic (exact) mass is 343 g/mol. The number of amides is 2. The zero-order chi connectivity index (χ0) is 16.9. The number of urea groups is 1. The molecule has 0 saturated heterocycles. The molecule has 6 nitrogen and oxygen atoms in total. The number of hydrogen-bond donors (Lipinski definition) is 3. The maximum Gasteiger partial charge on any atom is 0.321 e. The third kappa shape index (κ3) is 3.81. The second-order valence-corrected chi connectivity index (χ2v) is 6.24. The van der Waals surface area contributed by atoms with E-state index in [0.717, 1.165) is 16.0 Å². The van der Waals surface area contributed by atoms with E-state index in [-0.39, 0.29) is 6.54 Å². The van der Waals surface area contributed by atoms with Crippen LogP contribution in [0, 0.1) is 6.92 Å². The molecule has 1 aromatic carbocycles. The number of anilines is 1. The second-order valence-electron chi connectivity index (χ2n) is 5.21. The van der Waals surface area contributed by atoms with Crippen LogP contribution in [0.15, 0.2) is 53.3 Å². The fourth-order valence-electron chi connectivity index (χ4n) is 2.22. The summed E-state index contributed by atoms with van der Waals surface area (Å²) in [5.74, 6) is 0.409. The number of aliphatic hydroxyl groups excluding tert-OH is 1. The molecule has 3 rings (SSSR count). The lowest BCUT2D eigenvalue weighted by atomic mass is 10.1. The number of nitrogens with zero attached hydrogens (tertiary/aromatic N) is 1. The van der Waals surface area contributed by atoms with Gasteiger partial charge < -0.3 is 14.8 Å². The van der Waals surface area contributed by atoms with Crippen LogP contribution < -0.4 is 10.6 Å². The zero-order valence-corrected chi connectivity index (χ0v) is 13.8. The summed E-state index contributed by atoms with van der Waals surface area (Å²) in [6.45, 7) is 2.08. The number of carbonyl (C=O) groups is 1. The third-order valence-corrected chi connectivity index (χ3v) is 4.41. The standard InChI is InChI=1S/C17H17N3O3S/c1-11-5-2-3-6-12(11)15-10-19-17(24-15)20-16(22)18-9-13(21)14-7-4-8-23-14/h2-8,10,13,21H,9H2,1H3,(H2,18,19,20,22). The molecule has 0 radical (unpaired) electrons. The molecule has 2 amide bonds. The summed E-state index contributed by atoms with van der Waals surface area (Å²) in [5.41, 5.74) is 2.25. The fraction of sp³-hybridized carbons (Fsp3) is 0.176. The highest BCUT2D eigenvalue weighted by atomic mass is 32.1. The molecule has 2 heterocycles. The zero-order valence-electron chi connectivity index (χ0n) is 13.0. The number of furan rings is 1. The summed E-state index contributed by atoms with van der Waals surface area (Å²) in [6.07, 6.45) is 2.33. The van der Waals surface area contributed by atoms with Crippen molar-refractivity contribution in [1.29, 1.82) is 0 Å². The Morgan fingerprint density at radius 3 is 2.92 bits per heavy atom. The number of benzene rings is 1. The van der Waals surface area contributed by atoms with Crippen molar-refractivity contribution in [2.24, 2.45) is 0 Å². The van der Waals surface area contributed by atoms with Gasteiger partial charge in [0, 0.05) is 6.20 Å². The highest BCUT2D eigenvalue weighted by Gasteiger charge is 2.13. The van der Waals surface area contributed by atoms with Gasteiger partial charge >= 0.3 is 6.03 Å². The number of thiazole rings is 1. The van der Waals surface area contributed by atoms with E-state index in [1.165, 1.54) is 17.6 Å². The van der Waals surface area contributed by atoms with Crippen LogP contribution in [-0.4, -0.2) is 22.7 Å². The van der Waals surface area contributed by atoms with E-state index < -0.39 is 12.1 Å². The number of hydrogen-bond acceptors (Lipinski definition) is 5. The van der Waals surface area contributed by atoms with Crippen LogP contribution in [0.3, 0.4) is 0 Å². The van der Waals surface area contributed by atoms with Crippen molar-refractivity contribution in [3.8, 4) is 10.4 Å². The van der Waals surface area contributed by atoms with Crippen LogP contribution in [-0.2, 0) is 0 Å². The first-order chi connectivity index (χ1) is 11.6. The molecule has 0 saturated carbocycles. The topological polar surface area (TPSA) is 87.4 Å². The minimum absolute atomic E-state index is 0.0510. The molecular formula is C17H17N3O3S. The summed E-state index contributed by atoms with van der Waals surface area (Å²) in [4.78, 5) is 17.1. The van der Waals surface area contributed by atoms with Crippen molar-refractivity contribution in [3.05, 3.63) is 60.2 Å². The van der Waals surface area contributed by atoms with Gasteiger partial charge in [-0.1, -0.05) is 35.6 Å². The molecule has 24 heavy (non-hydrogen) atoms. The Kier molecular flexibility index (Phi) is 4.93. The van der Waals surface area contributed by atoms with Crippen molar-refractivity contribution in [1.82, 2.24) is 10.3 Å². The van der Waals surface area contributed by atoms with E-state index in [1.807, 2.05) is 31.2 Å². The van der Waals surface area contributed by atoms with Gasteiger partial charge in [-0.05, 0) is 30.2 Å². The van der Waals surface area contributed by atoms with Gasteiger partial charge in [-0.3, -0.25) is 5.32 Å². The number of aromatic nitrogens is 1. The normalized spacial score (nSPS) is 11.9. The molecule has 2 aromatic heterocycles. The van der Waals surface area contributed by atoms with Crippen LogP contribution >= 0.6 is 11.3 Å². The first-order valence-corrected chi connectivity index (χ1v) is 8.23. The van der Waals surface area contributed by atoms with Crippen molar-refractivity contribution in [2.75, 3.05) is 11.9 Å². The molecule has 124 valence electrons. The van der Waals surface area contributed by atoms with E-state index in [0.29, 0.717) is 10.9 Å². The molecule has 0 bridgehead atoms. The van der Waals surface area contributed by atoms with Crippen LogP contribution in [0.2, 0.25) is 0 Å². The molecule has 0 aliphatic carbocycles. The molecule has 3 N–H and O–H groups in total. The Bertz CT molecular complexity index is 814. The van der Waals surface area contributed by atoms with Gasteiger partial charge in [-0.2, -0.15) is 0 Å². The number of nitrogens with one attached hydrogen (secondary N) is 2. The maximum absolute atomic E-state index is 11.9. The highest BCUT2D eigenvalue weighted by Crippen LogP contribution is 2.30. The van der Waals surface area contributed by atoms with E-state index >= 15 is 0 Å². The van der Waals surface area contributed by atoms with E-state index in [9.17, 15) is 9.90 Å². The van der Waals surface area contributed by atoms with E-state index in [1.54, 1.807) is 18.3 Å². The summed E-state index contributed by atoms with van der Waals surface area (Å²) >= 11 is 1.40. The minimum Gasteiger partial charge on any atom is -0.467 e. The minimum atomic E-state index is -0.885. The van der Waals surface area contributed by atoms with Gasteiger partial charge in [0.1, 0.15) is 11.9 Å². The second kappa shape index (κ2) is 7.29. The Morgan fingerprint density at radius 1 is 1.33 bits per heavy atom. The molecule has 1 atom stereocenters. The molecule has 7 heteroatoms. The molecule has 0 aliphatic heterocycles. The van der Waals surface area contributed by atoms with Crippen molar-refractivity contribution >= 4 is 22.5 Å². The molecular weight excluding hydrogens is 326 g/mol. The summed E-state index contributed by atoms with van der Waals surface area (Å²) in [5, 5.41) is 15.6. The molecule has 0 fully saturated rings. The van der Waals surface area contributed by atoms with Crippen LogP contribution in [0.25, 0.3) is 10.4 Å². The predicted molar refractivity (Wildman–Crippen MR) is 93.0 cm³/mol. The van der Waals surface area contributed by atoms with Gasteiger partial charge in [0.2, 0.25) is 0 Å². The average molecular weight is 343 g/mol. The molecule has 3 aromatic rings. The fourth-order valence-corrected chi connectivity index (χ4v) is 3.12. The van der Waals surface area contributed by atoms with Crippen LogP contribution in [0.5, 0.6) is 0 Å². The van der Waals surface area contributed by atoms with Gasteiger partial charge in [-0.15, -0.1) is 0 Å². The van der Waals surface area contributed by atoms with Gasteiger partial charge in [-0.25, -0.2) is 9.78 Å².